The SMILES string of the molecule is COc1cc(NCCS(=O)(=O)N(C)C)cc([N+](=O)[O-])c1. The lowest BCUT2D eigenvalue weighted by Gasteiger charge is -2.12. The minimum atomic E-state index is -3.30. The van der Waals surface area contributed by atoms with Gasteiger partial charge in [-0.15, -0.1) is 0 Å². The predicted octanol–water partition coefficient (Wildman–Crippen LogP) is 0.907. The summed E-state index contributed by atoms with van der Waals surface area (Å²) in [6, 6.07) is 4.18. The van der Waals surface area contributed by atoms with Gasteiger partial charge >= 0.3 is 0 Å². The van der Waals surface area contributed by atoms with E-state index in [2.05, 4.69) is 5.32 Å². The number of anilines is 1. The third-order valence-corrected chi connectivity index (χ3v) is 4.42. The number of methoxy groups -OCH3 is 1. The fourth-order valence-corrected chi connectivity index (χ4v) is 2.14. The molecule has 0 amide bonds. The molecule has 112 valence electrons. The molecule has 0 heterocycles. The molecule has 8 nitrogen and oxygen atoms in total. The van der Waals surface area contributed by atoms with Gasteiger partial charge in [-0.3, -0.25) is 10.1 Å². The summed E-state index contributed by atoms with van der Waals surface area (Å²) in [4.78, 5) is 10.2. The van der Waals surface area contributed by atoms with Crippen LogP contribution in [0.25, 0.3) is 0 Å². The average Bonchev–Trinajstić information content (AvgIpc) is 2.37. The van der Waals surface area contributed by atoms with Crippen LogP contribution in [0.15, 0.2) is 18.2 Å². The van der Waals surface area contributed by atoms with Gasteiger partial charge in [-0.05, 0) is 0 Å². The quantitative estimate of drug-likeness (QED) is 0.593. The van der Waals surface area contributed by atoms with Gasteiger partial charge in [0.25, 0.3) is 5.69 Å². The Balaban J connectivity index is 2.78. The molecule has 0 saturated carbocycles. The molecule has 20 heavy (non-hydrogen) atoms. The predicted molar refractivity (Wildman–Crippen MR) is 75.6 cm³/mol. The van der Waals surface area contributed by atoms with Crippen molar-refractivity contribution in [2.45, 2.75) is 0 Å². The van der Waals surface area contributed by atoms with Gasteiger partial charge in [0.15, 0.2) is 0 Å². The first-order valence-corrected chi connectivity index (χ1v) is 7.34. The van der Waals surface area contributed by atoms with Gasteiger partial charge in [0.05, 0.1) is 23.9 Å². The Labute approximate surface area is 117 Å². The Morgan fingerprint density at radius 3 is 2.50 bits per heavy atom. The first kappa shape index (κ1) is 16.2. The van der Waals surface area contributed by atoms with E-state index in [1.54, 1.807) is 6.07 Å². The summed E-state index contributed by atoms with van der Waals surface area (Å²) in [6.07, 6.45) is 0. The Morgan fingerprint density at radius 1 is 1.35 bits per heavy atom. The molecule has 0 aromatic heterocycles. The summed E-state index contributed by atoms with van der Waals surface area (Å²) < 4.78 is 29.2. The van der Waals surface area contributed by atoms with Gasteiger partial charge in [-0.1, -0.05) is 0 Å². The second-order valence-electron chi connectivity index (χ2n) is 4.20. The highest BCUT2D eigenvalue weighted by atomic mass is 32.2. The fourth-order valence-electron chi connectivity index (χ4n) is 1.42. The number of rotatable bonds is 7. The molecule has 1 N–H and O–H groups in total. The number of hydrogen-bond donors (Lipinski definition) is 1. The van der Waals surface area contributed by atoms with Crippen molar-refractivity contribution < 1.29 is 18.1 Å². The van der Waals surface area contributed by atoms with Crippen molar-refractivity contribution >= 4 is 21.4 Å². The Hall–Kier alpha value is -1.87. The van der Waals surface area contributed by atoms with Crippen LogP contribution in [0.2, 0.25) is 0 Å². The number of benzene rings is 1. The highest BCUT2D eigenvalue weighted by molar-refractivity contribution is 7.89. The zero-order valence-corrected chi connectivity index (χ0v) is 12.3. The highest BCUT2D eigenvalue weighted by Gasteiger charge is 2.14. The summed E-state index contributed by atoms with van der Waals surface area (Å²) >= 11 is 0. The maximum Gasteiger partial charge on any atom is 0.275 e. The second kappa shape index (κ2) is 6.53. The number of nitro groups is 1. The smallest absolute Gasteiger partial charge is 0.275 e. The molecule has 0 aliphatic heterocycles. The van der Waals surface area contributed by atoms with Crippen LogP contribution in [0.3, 0.4) is 0 Å². The molecule has 0 fully saturated rings. The molecule has 1 aromatic carbocycles. The number of nitrogens with one attached hydrogen (secondary N) is 1. The van der Waals surface area contributed by atoms with Crippen molar-refractivity contribution in [3.8, 4) is 5.75 Å². The number of non-ortho nitro benzene ring substituents is 1. The van der Waals surface area contributed by atoms with Crippen LogP contribution in [0.5, 0.6) is 5.75 Å². The van der Waals surface area contributed by atoms with Crippen LogP contribution in [0, 0.1) is 10.1 Å². The molecule has 1 rings (SSSR count). The average molecular weight is 303 g/mol. The lowest BCUT2D eigenvalue weighted by atomic mass is 10.2. The molecule has 9 heteroatoms. The molecule has 0 unspecified atom stereocenters. The first-order chi connectivity index (χ1) is 9.26. The molecular formula is C11H17N3O5S. The van der Waals surface area contributed by atoms with E-state index in [0.717, 1.165) is 4.31 Å². The lowest BCUT2D eigenvalue weighted by molar-refractivity contribution is -0.384. The summed E-state index contributed by atoms with van der Waals surface area (Å²) in [5.74, 6) is 0.225. The molecule has 0 aliphatic carbocycles. The topological polar surface area (TPSA) is 102 Å². The largest absolute Gasteiger partial charge is 0.496 e. The lowest BCUT2D eigenvalue weighted by Crippen LogP contribution is -2.28. The van der Waals surface area contributed by atoms with E-state index in [1.807, 2.05) is 0 Å². The van der Waals surface area contributed by atoms with Crippen molar-refractivity contribution in [3.05, 3.63) is 28.3 Å². The Bertz CT molecular complexity index is 586. The van der Waals surface area contributed by atoms with Crippen LogP contribution >= 0.6 is 0 Å². The van der Waals surface area contributed by atoms with E-state index in [1.165, 1.54) is 33.3 Å². The van der Waals surface area contributed by atoms with E-state index in [-0.39, 0.29) is 18.0 Å². The maximum absolute atomic E-state index is 11.6. The highest BCUT2D eigenvalue weighted by Crippen LogP contribution is 2.25. The number of ether oxygens (including phenoxy) is 1. The number of nitrogens with zero attached hydrogens (tertiary/aromatic N) is 2. The molecule has 0 spiro atoms. The Morgan fingerprint density at radius 2 is 2.00 bits per heavy atom. The van der Waals surface area contributed by atoms with Crippen molar-refractivity contribution in [1.82, 2.24) is 4.31 Å². The molecule has 1 aromatic rings. The summed E-state index contributed by atoms with van der Waals surface area (Å²) in [5, 5.41) is 13.6. The normalized spacial score (nSPS) is 11.4. The molecule has 0 aliphatic rings. The zero-order chi connectivity index (χ0) is 15.3. The van der Waals surface area contributed by atoms with E-state index in [9.17, 15) is 18.5 Å². The van der Waals surface area contributed by atoms with E-state index >= 15 is 0 Å². The standard InChI is InChI=1S/C11H17N3O5S/c1-13(2)20(17,18)5-4-12-9-6-10(14(15)16)8-11(7-9)19-3/h6-8,12H,4-5H2,1-3H3. The van der Waals surface area contributed by atoms with Gasteiger partial charge in [-0.25, -0.2) is 12.7 Å². The summed E-state index contributed by atoms with van der Waals surface area (Å²) in [5.41, 5.74) is 0.312. The third-order valence-electron chi connectivity index (χ3n) is 2.58. The molecular weight excluding hydrogens is 286 g/mol. The number of sulfonamides is 1. The van der Waals surface area contributed by atoms with Crippen LogP contribution in [-0.2, 0) is 10.0 Å². The number of nitro benzene ring substituents is 1. The minimum Gasteiger partial charge on any atom is -0.496 e. The van der Waals surface area contributed by atoms with Crippen molar-refractivity contribution in [1.29, 1.82) is 0 Å². The molecule has 0 atom stereocenters. The van der Waals surface area contributed by atoms with Gasteiger partial charge in [0.2, 0.25) is 10.0 Å². The molecule has 0 saturated heterocycles. The van der Waals surface area contributed by atoms with Crippen LogP contribution in [0.1, 0.15) is 0 Å². The zero-order valence-electron chi connectivity index (χ0n) is 11.5. The van der Waals surface area contributed by atoms with Gasteiger partial charge in [-0.2, -0.15) is 0 Å². The van der Waals surface area contributed by atoms with Crippen molar-refractivity contribution in [2.75, 3.05) is 38.8 Å². The van der Waals surface area contributed by atoms with E-state index < -0.39 is 14.9 Å². The van der Waals surface area contributed by atoms with Crippen molar-refractivity contribution in [2.24, 2.45) is 0 Å². The minimum absolute atomic E-state index is 0.106. The molecule has 0 radical (unpaired) electrons. The van der Waals surface area contributed by atoms with Crippen LogP contribution in [-0.4, -0.2) is 51.1 Å². The summed E-state index contributed by atoms with van der Waals surface area (Å²) in [7, 11) is 0.998. The molecule has 0 bridgehead atoms. The maximum atomic E-state index is 11.6. The van der Waals surface area contributed by atoms with Gasteiger partial charge in [0.1, 0.15) is 5.75 Å². The number of hydrogen-bond acceptors (Lipinski definition) is 6. The van der Waals surface area contributed by atoms with Gasteiger partial charge in [0, 0.05) is 38.5 Å². The monoisotopic (exact) mass is 303 g/mol. The third kappa shape index (κ3) is 4.35. The Kier molecular flexibility index (Phi) is 5.28. The van der Waals surface area contributed by atoms with E-state index in [4.69, 9.17) is 4.74 Å². The van der Waals surface area contributed by atoms with E-state index in [0.29, 0.717) is 11.4 Å². The van der Waals surface area contributed by atoms with Gasteiger partial charge < -0.3 is 10.1 Å². The first-order valence-electron chi connectivity index (χ1n) is 5.74. The van der Waals surface area contributed by atoms with Crippen LogP contribution < -0.4 is 10.1 Å². The fraction of sp³-hybridized carbons (Fsp3) is 0.455. The van der Waals surface area contributed by atoms with Crippen LogP contribution in [0.4, 0.5) is 11.4 Å². The second-order valence-corrected chi connectivity index (χ2v) is 6.50. The van der Waals surface area contributed by atoms with Crippen molar-refractivity contribution in [3.63, 3.8) is 0 Å². The summed E-state index contributed by atoms with van der Waals surface area (Å²) in [6.45, 7) is 0.144.